The number of hydrogen-bond donors (Lipinski definition) is 1. The minimum atomic E-state index is 0.725. The molecular formula is C17H18N4. The summed E-state index contributed by atoms with van der Waals surface area (Å²) < 4.78 is 0. The molecule has 0 fully saturated rings. The van der Waals surface area contributed by atoms with Crippen molar-refractivity contribution >= 4 is 22.1 Å². The minimum absolute atomic E-state index is 0.725. The molecule has 3 rings (SSSR count). The number of pyridine rings is 2. The fourth-order valence-corrected chi connectivity index (χ4v) is 2.53. The second-order valence-electron chi connectivity index (χ2n) is 5.22. The van der Waals surface area contributed by atoms with Crippen molar-refractivity contribution in [3.63, 3.8) is 0 Å². The highest BCUT2D eigenvalue weighted by molar-refractivity contribution is 5.98. The summed E-state index contributed by atoms with van der Waals surface area (Å²) >= 11 is 0. The van der Waals surface area contributed by atoms with Crippen LogP contribution < -0.4 is 10.6 Å². The molecule has 2 aromatic heterocycles. The Balaban J connectivity index is 1.94. The number of nitrogens with zero attached hydrogens (tertiary/aromatic N) is 3. The van der Waals surface area contributed by atoms with Gasteiger partial charge < -0.3 is 10.6 Å². The van der Waals surface area contributed by atoms with Crippen molar-refractivity contribution < 1.29 is 0 Å². The quantitative estimate of drug-likeness (QED) is 0.748. The van der Waals surface area contributed by atoms with Crippen molar-refractivity contribution in [1.29, 1.82) is 0 Å². The lowest BCUT2D eigenvalue weighted by Crippen LogP contribution is -2.18. The normalized spacial score (nSPS) is 10.8. The summed E-state index contributed by atoms with van der Waals surface area (Å²) in [6.45, 7) is 2.73. The summed E-state index contributed by atoms with van der Waals surface area (Å²) in [5.74, 6) is 0. The Morgan fingerprint density at radius 1 is 1.14 bits per heavy atom. The molecule has 0 spiro atoms. The fraction of sp³-hybridized carbons (Fsp3) is 0.176. The van der Waals surface area contributed by atoms with Gasteiger partial charge in [0.1, 0.15) is 0 Å². The number of nitrogen functional groups attached to an aromatic ring is 1. The van der Waals surface area contributed by atoms with Gasteiger partial charge >= 0.3 is 0 Å². The van der Waals surface area contributed by atoms with E-state index in [1.54, 1.807) is 6.20 Å². The van der Waals surface area contributed by atoms with Gasteiger partial charge in [-0.3, -0.25) is 9.97 Å². The van der Waals surface area contributed by atoms with Crippen molar-refractivity contribution in [1.82, 2.24) is 9.97 Å². The molecule has 2 N–H and O–H groups in total. The van der Waals surface area contributed by atoms with Crippen LogP contribution in [0.5, 0.6) is 0 Å². The van der Waals surface area contributed by atoms with E-state index in [-0.39, 0.29) is 0 Å². The van der Waals surface area contributed by atoms with E-state index in [9.17, 15) is 0 Å². The highest BCUT2D eigenvalue weighted by atomic mass is 15.1. The summed E-state index contributed by atoms with van der Waals surface area (Å²) in [4.78, 5) is 10.8. The number of rotatable bonds is 3. The molecule has 0 bridgehead atoms. The summed E-state index contributed by atoms with van der Waals surface area (Å²) in [5.41, 5.74) is 10.2. The number of nitrogens with two attached hydrogens (primary N) is 1. The van der Waals surface area contributed by atoms with Crippen molar-refractivity contribution in [2.24, 2.45) is 0 Å². The maximum absolute atomic E-state index is 6.31. The molecule has 3 aromatic rings. The van der Waals surface area contributed by atoms with E-state index < -0.39 is 0 Å². The van der Waals surface area contributed by atoms with Crippen LogP contribution in [0.1, 0.15) is 11.4 Å². The lowest BCUT2D eigenvalue weighted by Gasteiger charge is -2.21. The van der Waals surface area contributed by atoms with Crippen molar-refractivity contribution in [3.8, 4) is 0 Å². The van der Waals surface area contributed by atoms with Crippen LogP contribution in [0.4, 0.5) is 11.4 Å². The van der Waals surface area contributed by atoms with E-state index in [1.807, 2.05) is 56.6 Å². The molecule has 0 aliphatic heterocycles. The lowest BCUT2D eigenvalue weighted by molar-refractivity contribution is 0.879. The average Bonchev–Trinajstić information content (AvgIpc) is 2.48. The van der Waals surface area contributed by atoms with E-state index in [2.05, 4.69) is 14.9 Å². The Bertz CT molecular complexity index is 783. The molecule has 4 heteroatoms. The third-order valence-electron chi connectivity index (χ3n) is 3.60. The molecule has 4 nitrogen and oxygen atoms in total. The zero-order chi connectivity index (χ0) is 14.8. The summed E-state index contributed by atoms with van der Waals surface area (Å²) in [5, 5.41) is 2.09. The van der Waals surface area contributed by atoms with Crippen LogP contribution in [0, 0.1) is 6.92 Å². The number of anilines is 2. The molecule has 1 aromatic carbocycles. The van der Waals surface area contributed by atoms with Crippen LogP contribution >= 0.6 is 0 Å². The number of aromatic nitrogens is 2. The first-order valence-corrected chi connectivity index (χ1v) is 6.91. The molecule has 0 amide bonds. The molecule has 2 heterocycles. The fourth-order valence-electron chi connectivity index (χ4n) is 2.53. The van der Waals surface area contributed by atoms with Gasteiger partial charge in [0, 0.05) is 35.9 Å². The van der Waals surface area contributed by atoms with Gasteiger partial charge in [0.25, 0.3) is 0 Å². The average molecular weight is 278 g/mol. The van der Waals surface area contributed by atoms with Gasteiger partial charge in [-0.15, -0.1) is 0 Å². The topological polar surface area (TPSA) is 55.0 Å². The van der Waals surface area contributed by atoms with Gasteiger partial charge in [-0.05, 0) is 31.2 Å². The Labute approximate surface area is 124 Å². The predicted octanol–water partition coefficient (Wildman–Crippen LogP) is 3.16. The van der Waals surface area contributed by atoms with Crippen LogP contribution in [0.2, 0.25) is 0 Å². The maximum Gasteiger partial charge on any atom is 0.0632 e. The highest BCUT2D eigenvalue weighted by Crippen LogP contribution is 2.30. The van der Waals surface area contributed by atoms with Crippen molar-refractivity contribution in [3.05, 3.63) is 60.2 Å². The summed E-state index contributed by atoms with van der Waals surface area (Å²) in [6, 6.07) is 12.1. The maximum atomic E-state index is 6.31. The number of benzene rings is 1. The zero-order valence-corrected chi connectivity index (χ0v) is 12.2. The first-order chi connectivity index (χ1) is 10.1. The van der Waals surface area contributed by atoms with Crippen molar-refractivity contribution in [2.45, 2.75) is 13.5 Å². The SMILES string of the molecule is Cc1cccc(CN(C)c2ccc3cnccc3c2N)n1. The van der Waals surface area contributed by atoms with Gasteiger partial charge in [-0.1, -0.05) is 12.1 Å². The standard InChI is InChI=1S/C17H18N4/c1-12-4-3-5-14(20-12)11-21(2)16-7-6-13-10-19-9-8-15(13)17(16)18/h3-10H,11,18H2,1-2H3. The van der Waals surface area contributed by atoms with E-state index in [4.69, 9.17) is 5.73 Å². The highest BCUT2D eigenvalue weighted by Gasteiger charge is 2.09. The Morgan fingerprint density at radius 3 is 2.81 bits per heavy atom. The molecule has 0 saturated heterocycles. The molecule has 106 valence electrons. The molecule has 21 heavy (non-hydrogen) atoms. The predicted molar refractivity (Wildman–Crippen MR) is 87.2 cm³/mol. The number of hydrogen-bond acceptors (Lipinski definition) is 4. The first kappa shape index (κ1) is 13.4. The Kier molecular flexibility index (Phi) is 3.44. The molecule has 0 unspecified atom stereocenters. The van der Waals surface area contributed by atoms with Crippen LogP contribution in [-0.2, 0) is 6.54 Å². The number of fused-ring (bicyclic) bond motifs is 1. The molecule has 0 atom stereocenters. The van der Waals surface area contributed by atoms with E-state index in [0.717, 1.165) is 40.1 Å². The van der Waals surface area contributed by atoms with Crippen LogP contribution in [0.3, 0.4) is 0 Å². The smallest absolute Gasteiger partial charge is 0.0632 e. The monoisotopic (exact) mass is 278 g/mol. The lowest BCUT2D eigenvalue weighted by atomic mass is 10.1. The molecule has 0 aliphatic rings. The third kappa shape index (κ3) is 2.65. The second kappa shape index (κ2) is 5.40. The van der Waals surface area contributed by atoms with Gasteiger partial charge in [0.2, 0.25) is 0 Å². The largest absolute Gasteiger partial charge is 0.397 e. The molecule has 0 aliphatic carbocycles. The van der Waals surface area contributed by atoms with Gasteiger partial charge in [-0.25, -0.2) is 0 Å². The van der Waals surface area contributed by atoms with Gasteiger partial charge in [0.15, 0.2) is 0 Å². The van der Waals surface area contributed by atoms with E-state index >= 15 is 0 Å². The minimum Gasteiger partial charge on any atom is -0.397 e. The Hall–Kier alpha value is -2.62. The van der Waals surface area contributed by atoms with Crippen LogP contribution in [-0.4, -0.2) is 17.0 Å². The van der Waals surface area contributed by atoms with Gasteiger partial charge in [-0.2, -0.15) is 0 Å². The Morgan fingerprint density at radius 2 is 2.00 bits per heavy atom. The molecule has 0 saturated carbocycles. The van der Waals surface area contributed by atoms with Crippen LogP contribution in [0.25, 0.3) is 10.8 Å². The zero-order valence-electron chi connectivity index (χ0n) is 12.2. The van der Waals surface area contributed by atoms with E-state index in [1.165, 1.54) is 0 Å². The summed E-state index contributed by atoms with van der Waals surface area (Å²) in [7, 11) is 2.03. The summed E-state index contributed by atoms with van der Waals surface area (Å²) in [6.07, 6.45) is 3.60. The second-order valence-corrected chi connectivity index (χ2v) is 5.22. The van der Waals surface area contributed by atoms with Gasteiger partial charge in [0.05, 0.1) is 23.6 Å². The first-order valence-electron chi connectivity index (χ1n) is 6.91. The van der Waals surface area contributed by atoms with Crippen LogP contribution in [0.15, 0.2) is 48.8 Å². The molecule has 0 radical (unpaired) electrons. The number of aryl methyl sites for hydroxylation is 1. The van der Waals surface area contributed by atoms with Crippen molar-refractivity contribution in [2.75, 3.05) is 17.7 Å². The molecular weight excluding hydrogens is 260 g/mol. The van der Waals surface area contributed by atoms with E-state index in [0.29, 0.717) is 0 Å². The third-order valence-corrected chi connectivity index (χ3v) is 3.60.